The summed E-state index contributed by atoms with van der Waals surface area (Å²) in [4.78, 5) is 1.50. The monoisotopic (exact) mass is 393 g/mol. The Morgan fingerprint density at radius 2 is 1.94 bits per heavy atom. The first-order chi connectivity index (χ1) is 8.13. The molecule has 0 spiro atoms. The number of rotatable bonds is 3. The number of hydrogen-bond donors (Lipinski definition) is 1. The molecule has 2 atom stereocenters. The van der Waals surface area contributed by atoms with Crippen LogP contribution >= 0.6 is 43.2 Å². The van der Waals surface area contributed by atoms with Crippen LogP contribution < -0.4 is 5.32 Å². The minimum atomic E-state index is 0.208. The van der Waals surface area contributed by atoms with Gasteiger partial charge in [-0.25, -0.2) is 0 Å². The molecule has 2 unspecified atom stereocenters. The Hall–Kier alpha value is 0.620. The third-order valence-electron chi connectivity index (χ3n) is 3.87. The summed E-state index contributed by atoms with van der Waals surface area (Å²) in [6, 6.07) is 2.28. The maximum atomic E-state index is 3.64. The smallest absolute Gasteiger partial charge is 0.0843 e. The van der Waals surface area contributed by atoms with Crippen LogP contribution in [0.3, 0.4) is 0 Å². The lowest BCUT2D eigenvalue weighted by molar-refractivity contribution is 0.396. The molecule has 0 amide bonds. The molecule has 0 radical (unpaired) electrons. The van der Waals surface area contributed by atoms with Crippen molar-refractivity contribution < 1.29 is 0 Å². The number of thiophene rings is 1. The highest BCUT2D eigenvalue weighted by Crippen LogP contribution is 2.65. The van der Waals surface area contributed by atoms with Crippen LogP contribution in [-0.4, -0.2) is 12.1 Å². The van der Waals surface area contributed by atoms with Gasteiger partial charge in [-0.1, -0.05) is 13.8 Å². The number of halogens is 2. The van der Waals surface area contributed by atoms with Crippen LogP contribution in [0.25, 0.3) is 0 Å². The van der Waals surface area contributed by atoms with Gasteiger partial charge in [0.05, 0.1) is 3.79 Å². The summed E-state index contributed by atoms with van der Waals surface area (Å²) < 4.78 is 2.40. The van der Waals surface area contributed by atoms with Crippen LogP contribution in [0.1, 0.15) is 45.4 Å². The van der Waals surface area contributed by atoms with Gasteiger partial charge in [0.2, 0.25) is 0 Å². The van der Waals surface area contributed by atoms with E-state index in [9.17, 15) is 0 Å². The van der Waals surface area contributed by atoms with E-state index in [0.29, 0.717) is 11.3 Å². The van der Waals surface area contributed by atoms with Crippen molar-refractivity contribution in [1.29, 1.82) is 0 Å². The standard InChI is InChI=1S/C14H21Br2NS/c1-13(2,3)17-7-8-11(14(8,4)5)10-6-9(15)12(16)18-10/h6,8,11,17H,7H2,1-5H3. The van der Waals surface area contributed by atoms with Crippen molar-refractivity contribution in [2.75, 3.05) is 6.54 Å². The molecule has 0 aromatic carbocycles. The van der Waals surface area contributed by atoms with E-state index in [0.717, 1.165) is 12.5 Å². The van der Waals surface area contributed by atoms with Crippen molar-refractivity contribution >= 4 is 43.2 Å². The second-order valence-electron chi connectivity index (χ2n) is 6.81. The highest BCUT2D eigenvalue weighted by Gasteiger charge is 2.58. The molecule has 0 aliphatic heterocycles. The maximum absolute atomic E-state index is 3.64. The van der Waals surface area contributed by atoms with Crippen LogP contribution in [0.5, 0.6) is 0 Å². The van der Waals surface area contributed by atoms with Crippen molar-refractivity contribution in [1.82, 2.24) is 5.32 Å². The van der Waals surface area contributed by atoms with Gasteiger partial charge in [0.25, 0.3) is 0 Å². The molecule has 4 heteroatoms. The molecule has 0 bridgehead atoms. The fourth-order valence-electron chi connectivity index (χ4n) is 2.62. The normalized spacial score (nSPS) is 26.4. The molecular weight excluding hydrogens is 374 g/mol. The molecule has 1 aromatic heterocycles. The number of nitrogens with one attached hydrogen (secondary N) is 1. The summed E-state index contributed by atoms with van der Waals surface area (Å²) in [5.41, 5.74) is 0.627. The average Bonchev–Trinajstić information content (AvgIpc) is 2.58. The Bertz CT molecular complexity index is 426. The van der Waals surface area contributed by atoms with Gasteiger partial charge in [-0.3, -0.25) is 0 Å². The van der Waals surface area contributed by atoms with Crippen LogP contribution in [0.4, 0.5) is 0 Å². The van der Waals surface area contributed by atoms with E-state index in [1.165, 1.54) is 13.1 Å². The average molecular weight is 395 g/mol. The minimum absolute atomic E-state index is 0.208. The largest absolute Gasteiger partial charge is 0.312 e. The summed E-state index contributed by atoms with van der Waals surface area (Å²) in [6.45, 7) is 12.6. The van der Waals surface area contributed by atoms with Gasteiger partial charge in [0, 0.05) is 20.8 Å². The van der Waals surface area contributed by atoms with E-state index >= 15 is 0 Å². The van der Waals surface area contributed by atoms with Gasteiger partial charge in [-0.2, -0.15) is 0 Å². The summed E-state index contributed by atoms with van der Waals surface area (Å²) in [7, 11) is 0. The summed E-state index contributed by atoms with van der Waals surface area (Å²) in [5.74, 6) is 1.44. The van der Waals surface area contributed by atoms with Gasteiger partial charge in [-0.05, 0) is 76.6 Å². The Kier molecular flexibility index (Phi) is 4.06. The molecule has 1 nitrogen and oxygen atoms in total. The summed E-state index contributed by atoms with van der Waals surface area (Å²) in [5, 5.41) is 3.64. The fraction of sp³-hybridized carbons (Fsp3) is 0.714. The van der Waals surface area contributed by atoms with Crippen molar-refractivity contribution in [3.05, 3.63) is 19.2 Å². The van der Waals surface area contributed by atoms with Crippen molar-refractivity contribution in [2.24, 2.45) is 11.3 Å². The molecule has 0 saturated heterocycles. The van der Waals surface area contributed by atoms with Crippen LogP contribution in [-0.2, 0) is 0 Å². The highest BCUT2D eigenvalue weighted by molar-refractivity contribution is 9.13. The molecule has 18 heavy (non-hydrogen) atoms. The third-order valence-corrected chi connectivity index (χ3v) is 7.21. The summed E-state index contributed by atoms with van der Waals surface area (Å²) >= 11 is 9.05. The van der Waals surface area contributed by atoms with Crippen LogP contribution in [0.15, 0.2) is 14.3 Å². The predicted molar refractivity (Wildman–Crippen MR) is 87.5 cm³/mol. The summed E-state index contributed by atoms with van der Waals surface area (Å²) in [6.07, 6.45) is 0. The van der Waals surface area contributed by atoms with Gasteiger partial charge >= 0.3 is 0 Å². The highest BCUT2D eigenvalue weighted by atomic mass is 79.9. The zero-order chi connectivity index (χ0) is 13.7. The Morgan fingerprint density at radius 1 is 1.33 bits per heavy atom. The van der Waals surface area contributed by atoms with E-state index in [1.54, 1.807) is 0 Å². The lowest BCUT2D eigenvalue weighted by Crippen LogP contribution is -2.37. The maximum Gasteiger partial charge on any atom is 0.0843 e. The molecule has 2 rings (SSSR count). The third kappa shape index (κ3) is 3.02. The molecule has 1 aliphatic rings. The van der Waals surface area contributed by atoms with Crippen LogP contribution in [0.2, 0.25) is 0 Å². The Labute approximate surface area is 131 Å². The molecule has 102 valence electrons. The van der Waals surface area contributed by atoms with Crippen molar-refractivity contribution in [2.45, 2.75) is 46.1 Å². The quantitative estimate of drug-likeness (QED) is 0.723. The van der Waals surface area contributed by atoms with E-state index in [1.807, 2.05) is 11.3 Å². The molecule has 1 aromatic rings. The predicted octanol–water partition coefficient (Wildman–Crippen LogP) is 5.40. The van der Waals surface area contributed by atoms with Crippen molar-refractivity contribution in [3.8, 4) is 0 Å². The first-order valence-corrected chi connectivity index (χ1v) is 8.73. The molecule has 1 saturated carbocycles. The topological polar surface area (TPSA) is 12.0 Å². The second-order valence-corrected chi connectivity index (χ2v) is 10.1. The zero-order valence-electron chi connectivity index (χ0n) is 11.6. The van der Waals surface area contributed by atoms with Crippen molar-refractivity contribution in [3.63, 3.8) is 0 Å². The zero-order valence-corrected chi connectivity index (χ0v) is 15.6. The number of hydrogen-bond acceptors (Lipinski definition) is 2. The van der Waals surface area contributed by atoms with Crippen LogP contribution in [0, 0.1) is 11.3 Å². The molecule has 1 aliphatic carbocycles. The molecule has 1 heterocycles. The Morgan fingerprint density at radius 3 is 2.39 bits per heavy atom. The lowest BCUT2D eigenvalue weighted by atomic mass is 10.1. The van der Waals surface area contributed by atoms with E-state index in [2.05, 4.69) is 77.9 Å². The Balaban J connectivity index is 2.07. The van der Waals surface area contributed by atoms with E-state index in [4.69, 9.17) is 0 Å². The van der Waals surface area contributed by atoms with E-state index < -0.39 is 0 Å². The minimum Gasteiger partial charge on any atom is -0.312 e. The van der Waals surface area contributed by atoms with Gasteiger partial charge in [-0.15, -0.1) is 11.3 Å². The molecular formula is C14H21Br2NS. The fourth-order valence-corrected chi connectivity index (χ4v) is 5.07. The second kappa shape index (κ2) is 4.87. The lowest BCUT2D eigenvalue weighted by Gasteiger charge is -2.21. The SMILES string of the molecule is CC(C)(C)NCC1C(c2cc(Br)c(Br)s2)C1(C)C. The first kappa shape index (κ1) is 15.0. The first-order valence-electron chi connectivity index (χ1n) is 6.32. The van der Waals surface area contributed by atoms with Gasteiger partial charge in [0.1, 0.15) is 0 Å². The molecule has 1 N–H and O–H groups in total. The van der Waals surface area contributed by atoms with Gasteiger partial charge < -0.3 is 5.32 Å². The molecule has 1 fully saturated rings. The van der Waals surface area contributed by atoms with Gasteiger partial charge in [0.15, 0.2) is 0 Å². The van der Waals surface area contributed by atoms with E-state index in [-0.39, 0.29) is 5.54 Å².